The molecular formula is C12H14Cl2N+. The minimum atomic E-state index is 0. The third-order valence-electron chi connectivity index (χ3n) is 2.05. The zero-order valence-corrected chi connectivity index (χ0v) is 10.1. The third kappa shape index (κ3) is 3.54. The van der Waals surface area contributed by atoms with Gasteiger partial charge in [-0.25, -0.2) is 0 Å². The van der Waals surface area contributed by atoms with Crippen molar-refractivity contribution in [1.29, 1.82) is 0 Å². The lowest BCUT2D eigenvalue weighted by Crippen LogP contribution is -2.28. The molecule has 0 aliphatic rings. The molecule has 0 aliphatic heterocycles. The molecule has 1 aromatic heterocycles. The van der Waals surface area contributed by atoms with Crippen molar-refractivity contribution in [3.63, 3.8) is 0 Å². The smallest absolute Gasteiger partial charge is 0.167 e. The molecule has 0 fully saturated rings. The lowest BCUT2D eigenvalue weighted by Gasteiger charge is -1.94. The summed E-state index contributed by atoms with van der Waals surface area (Å²) in [7, 11) is 0. The molecule has 15 heavy (non-hydrogen) atoms. The predicted octanol–water partition coefficient (Wildman–Crippen LogP) is 3.12. The van der Waals surface area contributed by atoms with Crippen LogP contribution < -0.4 is 4.57 Å². The normalized spacial score (nSPS) is 8.60. The number of aromatic nitrogens is 1. The number of pyridine rings is 1. The van der Waals surface area contributed by atoms with Crippen LogP contribution >= 0.6 is 24.8 Å². The standard InChI is InChI=1S/C12H12N.2ClH/c1-11-5-7-12(8-6-11)13-9-3-2-4-10-13;;/h2-10H,1H3;2*1H/q+1;;. The van der Waals surface area contributed by atoms with Crippen molar-refractivity contribution in [1.82, 2.24) is 0 Å². The fourth-order valence-corrected chi connectivity index (χ4v) is 1.29. The van der Waals surface area contributed by atoms with Crippen LogP contribution in [0.5, 0.6) is 0 Å². The average Bonchev–Trinajstić information content (AvgIpc) is 2.20. The van der Waals surface area contributed by atoms with Gasteiger partial charge in [0.2, 0.25) is 5.69 Å². The van der Waals surface area contributed by atoms with Gasteiger partial charge in [-0.15, -0.1) is 24.8 Å². The van der Waals surface area contributed by atoms with Crippen molar-refractivity contribution in [2.24, 2.45) is 0 Å². The second-order valence-corrected chi connectivity index (χ2v) is 3.12. The second-order valence-electron chi connectivity index (χ2n) is 3.12. The van der Waals surface area contributed by atoms with E-state index in [1.165, 1.54) is 11.3 Å². The number of halogens is 2. The number of aryl methyl sites for hydroxylation is 1. The molecule has 0 saturated carbocycles. The van der Waals surface area contributed by atoms with Crippen molar-refractivity contribution in [3.8, 4) is 5.69 Å². The van der Waals surface area contributed by atoms with E-state index >= 15 is 0 Å². The van der Waals surface area contributed by atoms with E-state index in [1.807, 2.05) is 30.6 Å². The molecule has 0 bridgehead atoms. The van der Waals surface area contributed by atoms with Gasteiger partial charge in [0.1, 0.15) is 0 Å². The van der Waals surface area contributed by atoms with E-state index in [9.17, 15) is 0 Å². The highest BCUT2D eigenvalue weighted by Crippen LogP contribution is 2.01. The SMILES string of the molecule is Cc1ccc(-[n+]2ccccc2)cc1.Cl.Cl. The first-order chi connectivity index (χ1) is 6.36. The van der Waals surface area contributed by atoms with E-state index in [-0.39, 0.29) is 24.8 Å². The molecule has 0 radical (unpaired) electrons. The van der Waals surface area contributed by atoms with Crippen LogP contribution in [0.2, 0.25) is 0 Å². The summed E-state index contributed by atoms with van der Waals surface area (Å²) in [6, 6.07) is 14.6. The van der Waals surface area contributed by atoms with Gasteiger partial charge >= 0.3 is 0 Å². The maximum Gasteiger partial charge on any atom is 0.210 e. The maximum absolute atomic E-state index is 2.12. The molecule has 0 unspecified atom stereocenters. The number of hydrogen-bond donors (Lipinski definition) is 0. The first kappa shape index (κ1) is 14.0. The Morgan fingerprint density at radius 2 is 1.33 bits per heavy atom. The van der Waals surface area contributed by atoms with Crippen molar-refractivity contribution in [2.45, 2.75) is 6.92 Å². The van der Waals surface area contributed by atoms with E-state index in [1.54, 1.807) is 0 Å². The summed E-state index contributed by atoms with van der Waals surface area (Å²) in [5.74, 6) is 0. The topological polar surface area (TPSA) is 3.88 Å². The lowest BCUT2D eigenvalue weighted by atomic mass is 10.2. The zero-order valence-electron chi connectivity index (χ0n) is 8.46. The first-order valence-electron chi connectivity index (χ1n) is 4.39. The van der Waals surface area contributed by atoms with Crippen LogP contribution in [0.25, 0.3) is 5.69 Å². The van der Waals surface area contributed by atoms with Gasteiger partial charge in [-0.3, -0.25) is 0 Å². The molecule has 0 N–H and O–H groups in total. The summed E-state index contributed by atoms with van der Waals surface area (Å²) >= 11 is 0. The number of benzene rings is 1. The summed E-state index contributed by atoms with van der Waals surface area (Å²) < 4.78 is 2.10. The van der Waals surface area contributed by atoms with Crippen molar-refractivity contribution >= 4 is 24.8 Å². The van der Waals surface area contributed by atoms with Crippen molar-refractivity contribution < 1.29 is 4.57 Å². The number of rotatable bonds is 1. The van der Waals surface area contributed by atoms with Gasteiger partial charge in [-0.1, -0.05) is 23.8 Å². The highest BCUT2D eigenvalue weighted by atomic mass is 35.5. The van der Waals surface area contributed by atoms with E-state index < -0.39 is 0 Å². The Labute approximate surface area is 103 Å². The first-order valence-corrected chi connectivity index (χ1v) is 4.39. The Bertz CT molecular complexity index is 384. The van der Waals surface area contributed by atoms with Gasteiger partial charge in [0.05, 0.1) is 0 Å². The van der Waals surface area contributed by atoms with Gasteiger partial charge in [0.15, 0.2) is 12.4 Å². The molecule has 0 amide bonds. The lowest BCUT2D eigenvalue weighted by molar-refractivity contribution is -0.595. The number of nitrogens with zero attached hydrogens (tertiary/aromatic N) is 1. The third-order valence-corrected chi connectivity index (χ3v) is 2.05. The molecule has 80 valence electrons. The quantitative estimate of drug-likeness (QED) is 0.677. The monoisotopic (exact) mass is 242 g/mol. The molecule has 2 aromatic rings. The molecule has 1 heterocycles. The summed E-state index contributed by atoms with van der Waals surface area (Å²) in [5, 5.41) is 0. The predicted molar refractivity (Wildman–Crippen MR) is 67.2 cm³/mol. The minimum Gasteiger partial charge on any atom is -0.167 e. The van der Waals surface area contributed by atoms with Crippen LogP contribution in [-0.4, -0.2) is 0 Å². The summed E-state index contributed by atoms with van der Waals surface area (Å²) in [4.78, 5) is 0. The molecular weight excluding hydrogens is 229 g/mol. The Morgan fingerprint density at radius 1 is 0.800 bits per heavy atom. The van der Waals surface area contributed by atoms with Gasteiger partial charge < -0.3 is 0 Å². The molecule has 0 saturated heterocycles. The second kappa shape index (κ2) is 6.44. The van der Waals surface area contributed by atoms with Crippen LogP contribution in [-0.2, 0) is 0 Å². The highest BCUT2D eigenvalue weighted by Gasteiger charge is 2.01. The van der Waals surface area contributed by atoms with Crippen LogP contribution in [0, 0.1) is 6.92 Å². The van der Waals surface area contributed by atoms with Gasteiger partial charge in [0.25, 0.3) is 0 Å². The zero-order chi connectivity index (χ0) is 9.10. The van der Waals surface area contributed by atoms with E-state index in [4.69, 9.17) is 0 Å². The van der Waals surface area contributed by atoms with E-state index in [2.05, 4.69) is 35.8 Å². The maximum atomic E-state index is 2.12. The Hall–Kier alpha value is -1.05. The Balaban J connectivity index is 0.000000980. The molecule has 1 nitrogen and oxygen atoms in total. The number of hydrogen-bond acceptors (Lipinski definition) is 0. The largest absolute Gasteiger partial charge is 0.210 e. The summed E-state index contributed by atoms with van der Waals surface area (Å²) in [6.07, 6.45) is 4.09. The molecule has 0 aliphatic carbocycles. The Kier molecular flexibility index (Phi) is 5.99. The molecule has 0 spiro atoms. The van der Waals surface area contributed by atoms with Crippen molar-refractivity contribution in [3.05, 3.63) is 60.4 Å². The van der Waals surface area contributed by atoms with E-state index in [0.717, 1.165) is 0 Å². The minimum absolute atomic E-state index is 0. The fraction of sp³-hybridized carbons (Fsp3) is 0.0833. The van der Waals surface area contributed by atoms with Crippen LogP contribution in [0.1, 0.15) is 5.56 Å². The Morgan fingerprint density at radius 3 is 1.87 bits per heavy atom. The van der Waals surface area contributed by atoms with Crippen molar-refractivity contribution in [2.75, 3.05) is 0 Å². The van der Waals surface area contributed by atoms with Crippen LogP contribution in [0.15, 0.2) is 54.9 Å². The molecule has 1 aromatic carbocycles. The van der Waals surface area contributed by atoms with Gasteiger partial charge in [0, 0.05) is 24.3 Å². The molecule has 3 heteroatoms. The molecule has 0 atom stereocenters. The summed E-state index contributed by atoms with van der Waals surface area (Å²) in [5.41, 5.74) is 2.49. The summed E-state index contributed by atoms with van der Waals surface area (Å²) in [6.45, 7) is 2.10. The van der Waals surface area contributed by atoms with Crippen LogP contribution in [0.3, 0.4) is 0 Å². The van der Waals surface area contributed by atoms with E-state index in [0.29, 0.717) is 0 Å². The van der Waals surface area contributed by atoms with Gasteiger partial charge in [-0.05, 0) is 6.92 Å². The van der Waals surface area contributed by atoms with Crippen LogP contribution in [0.4, 0.5) is 0 Å². The molecule has 2 rings (SSSR count). The van der Waals surface area contributed by atoms with Gasteiger partial charge in [-0.2, -0.15) is 4.57 Å². The fourth-order valence-electron chi connectivity index (χ4n) is 1.29. The highest BCUT2D eigenvalue weighted by molar-refractivity contribution is 5.85. The average molecular weight is 243 g/mol.